The van der Waals surface area contributed by atoms with Gasteiger partial charge < -0.3 is 0 Å². The summed E-state index contributed by atoms with van der Waals surface area (Å²) in [5.74, 6) is 0. The molecule has 0 nitrogen and oxygen atoms in total. The maximum absolute atomic E-state index is 2.36. The van der Waals surface area contributed by atoms with Crippen LogP contribution in [0.2, 0.25) is 0 Å². The van der Waals surface area contributed by atoms with E-state index in [-0.39, 0.29) is 0 Å². The Kier molecular flexibility index (Phi) is 2.34. The van der Waals surface area contributed by atoms with Gasteiger partial charge in [-0.15, -0.1) is 0 Å². The molecule has 78 valence electrons. The summed E-state index contributed by atoms with van der Waals surface area (Å²) in [6, 6.07) is 17.2. The number of hydrogen-bond donors (Lipinski definition) is 0. The van der Waals surface area contributed by atoms with Gasteiger partial charge in [-0.2, -0.15) is 0 Å². The van der Waals surface area contributed by atoms with Gasteiger partial charge in [-0.1, -0.05) is 60.7 Å². The van der Waals surface area contributed by atoms with Crippen LogP contribution in [0.15, 0.2) is 48.5 Å². The zero-order valence-corrected chi connectivity index (χ0v) is 9.19. The van der Waals surface area contributed by atoms with Crippen LogP contribution in [-0.2, 0) is 0 Å². The molecular formula is C16H14. The van der Waals surface area contributed by atoms with Crippen LogP contribution in [0.25, 0.3) is 23.3 Å². The van der Waals surface area contributed by atoms with Gasteiger partial charge in [-0.05, 0) is 34.4 Å². The summed E-state index contributed by atoms with van der Waals surface area (Å²) in [5, 5.41) is 2.78. The normalized spacial score (nSPS) is 13.5. The van der Waals surface area contributed by atoms with Gasteiger partial charge in [0.05, 0.1) is 0 Å². The van der Waals surface area contributed by atoms with Gasteiger partial charge in [0.2, 0.25) is 0 Å². The Balaban J connectivity index is 2.32. The second kappa shape index (κ2) is 3.97. The van der Waals surface area contributed by atoms with Crippen molar-refractivity contribution in [2.24, 2.45) is 0 Å². The molecular weight excluding hydrogens is 192 g/mol. The molecule has 2 aromatic rings. The van der Waals surface area contributed by atoms with Crippen molar-refractivity contribution in [3.05, 3.63) is 59.0 Å². The highest BCUT2D eigenvalue weighted by atomic mass is 14.1. The first-order valence-electron chi connectivity index (χ1n) is 5.80. The van der Waals surface area contributed by atoms with Crippen molar-refractivity contribution >= 4 is 12.2 Å². The van der Waals surface area contributed by atoms with Crippen LogP contribution in [0, 0.1) is 0 Å². The third-order valence-electron chi connectivity index (χ3n) is 3.10. The molecule has 0 atom stereocenters. The van der Waals surface area contributed by atoms with Gasteiger partial charge in [-0.25, -0.2) is 0 Å². The van der Waals surface area contributed by atoms with E-state index in [0.29, 0.717) is 0 Å². The molecule has 0 saturated heterocycles. The topological polar surface area (TPSA) is 0 Å². The minimum absolute atomic E-state index is 1.16. The minimum Gasteiger partial charge on any atom is -0.0763 e. The highest BCUT2D eigenvalue weighted by molar-refractivity contribution is 5.66. The Morgan fingerprint density at radius 1 is 0.688 bits per heavy atom. The molecule has 0 aliphatic heterocycles. The second-order valence-electron chi connectivity index (χ2n) is 4.16. The number of rotatable bonds is 1. The second-order valence-corrected chi connectivity index (χ2v) is 4.16. The van der Waals surface area contributed by atoms with E-state index in [2.05, 4.69) is 60.7 Å². The van der Waals surface area contributed by atoms with E-state index in [9.17, 15) is 0 Å². The summed E-state index contributed by atoms with van der Waals surface area (Å²) in [7, 11) is 0. The Hall–Kier alpha value is -1.82. The maximum Gasteiger partial charge on any atom is -0.0109 e. The Morgan fingerprint density at radius 2 is 1.50 bits per heavy atom. The highest BCUT2D eigenvalue weighted by Crippen LogP contribution is 2.14. The molecule has 0 spiro atoms. The predicted octanol–water partition coefficient (Wildman–Crippen LogP) is 2.71. The van der Waals surface area contributed by atoms with Crippen LogP contribution >= 0.6 is 0 Å². The Labute approximate surface area is 95.6 Å². The van der Waals surface area contributed by atoms with Crippen molar-refractivity contribution in [2.45, 2.75) is 12.8 Å². The lowest BCUT2D eigenvalue weighted by Crippen LogP contribution is -2.28. The zero-order chi connectivity index (χ0) is 10.8. The standard InChI is InChI=1S/C16H14/c1-2-7-13(8-3-1)16-12-6-10-14-9-4-5-11-15(14)16/h1-3,6-12H,4-5H2. The first kappa shape index (κ1) is 9.41. The summed E-state index contributed by atoms with van der Waals surface area (Å²) in [5.41, 5.74) is 2.67. The molecule has 16 heavy (non-hydrogen) atoms. The molecule has 0 amide bonds. The average molecular weight is 206 g/mol. The monoisotopic (exact) mass is 206 g/mol. The molecule has 1 aliphatic carbocycles. The molecule has 0 radical (unpaired) electrons. The van der Waals surface area contributed by atoms with Gasteiger partial charge in [0.25, 0.3) is 0 Å². The molecule has 0 aromatic heterocycles. The fourth-order valence-corrected chi connectivity index (χ4v) is 2.32. The first-order valence-corrected chi connectivity index (χ1v) is 5.80. The predicted molar refractivity (Wildman–Crippen MR) is 69.3 cm³/mol. The zero-order valence-electron chi connectivity index (χ0n) is 9.19. The quantitative estimate of drug-likeness (QED) is 0.673. The van der Waals surface area contributed by atoms with Gasteiger partial charge >= 0.3 is 0 Å². The van der Waals surface area contributed by atoms with Gasteiger partial charge in [0.1, 0.15) is 0 Å². The van der Waals surface area contributed by atoms with E-state index < -0.39 is 0 Å². The third-order valence-corrected chi connectivity index (χ3v) is 3.10. The third kappa shape index (κ3) is 1.57. The van der Waals surface area contributed by atoms with Crippen LogP contribution in [0.1, 0.15) is 12.8 Å². The Bertz CT molecular complexity index is 606. The summed E-state index contributed by atoms with van der Waals surface area (Å²) in [4.78, 5) is 0. The largest absolute Gasteiger partial charge is 0.0763 e. The van der Waals surface area contributed by atoms with E-state index >= 15 is 0 Å². The van der Waals surface area contributed by atoms with Crippen molar-refractivity contribution in [1.82, 2.24) is 0 Å². The van der Waals surface area contributed by atoms with Crippen LogP contribution in [0.5, 0.6) is 0 Å². The number of fused-ring (bicyclic) bond motifs is 1. The Morgan fingerprint density at radius 3 is 2.38 bits per heavy atom. The van der Waals surface area contributed by atoms with Crippen molar-refractivity contribution in [2.75, 3.05) is 0 Å². The van der Waals surface area contributed by atoms with E-state index in [1.54, 1.807) is 0 Å². The maximum atomic E-state index is 2.36. The SMILES string of the molecule is C1=c2cccc(-c3ccccc3)c2=CCC1. The molecule has 2 aromatic carbocycles. The van der Waals surface area contributed by atoms with Crippen LogP contribution in [-0.4, -0.2) is 0 Å². The summed E-state index contributed by atoms with van der Waals surface area (Å²) in [6.07, 6.45) is 7.03. The number of hydrogen-bond acceptors (Lipinski definition) is 0. The average Bonchev–Trinajstić information content (AvgIpc) is 2.39. The minimum atomic E-state index is 1.16. The molecule has 0 N–H and O–H groups in total. The lowest BCUT2D eigenvalue weighted by Gasteiger charge is -2.06. The molecule has 0 saturated carbocycles. The molecule has 0 bridgehead atoms. The number of benzene rings is 2. The molecule has 0 heterocycles. The van der Waals surface area contributed by atoms with Crippen molar-refractivity contribution < 1.29 is 0 Å². The van der Waals surface area contributed by atoms with Gasteiger partial charge in [0.15, 0.2) is 0 Å². The summed E-state index contributed by atoms with van der Waals surface area (Å²) < 4.78 is 0. The van der Waals surface area contributed by atoms with Gasteiger partial charge in [-0.3, -0.25) is 0 Å². The van der Waals surface area contributed by atoms with Crippen LogP contribution in [0.4, 0.5) is 0 Å². The smallest absolute Gasteiger partial charge is 0.0109 e. The van der Waals surface area contributed by atoms with Crippen molar-refractivity contribution in [1.29, 1.82) is 0 Å². The van der Waals surface area contributed by atoms with Crippen LogP contribution < -0.4 is 10.4 Å². The highest BCUT2D eigenvalue weighted by Gasteiger charge is 2.01. The molecule has 1 aliphatic rings. The molecule has 0 heteroatoms. The van der Waals surface area contributed by atoms with Crippen molar-refractivity contribution in [3.63, 3.8) is 0 Å². The molecule has 3 rings (SSSR count). The summed E-state index contributed by atoms with van der Waals surface area (Å²) in [6.45, 7) is 0. The van der Waals surface area contributed by atoms with E-state index in [1.807, 2.05) is 0 Å². The van der Waals surface area contributed by atoms with Crippen LogP contribution in [0.3, 0.4) is 0 Å². The lowest BCUT2D eigenvalue weighted by molar-refractivity contribution is 1.12. The van der Waals surface area contributed by atoms with Crippen molar-refractivity contribution in [3.8, 4) is 11.1 Å². The van der Waals surface area contributed by atoms with E-state index in [1.165, 1.54) is 28.0 Å². The molecule has 0 fully saturated rings. The summed E-state index contributed by atoms with van der Waals surface area (Å²) >= 11 is 0. The molecule has 0 unspecified atom stereocenters. The fourth-order valence-electron chi connectivity index (χ4n) is 2.32. The van der Waals surface area contributed by atoms with E-state index in [0.717, 1.165) is 6.42 Å². The lowest BCUT2D eigenvalue weighted by atomic mass is 9.98. The first-order chi connectivity index (χ1) is 7.95. The van der Waals surface area contributed by atoms with Gasteiger partial charge in [0, 0.05) is 0 Å². The van der Waals surface area contributed by atoms with E-state index in [4.69, 9.17) is 0 Å². The fraction of sp³-hybridized carbons (Fsp3) is 0.125.